The van der Waals surface area contributed by atoms with Gasteiger partial charge in [0.15, 0.2) is 0 Å². The molecule has 1 aromatic heterocycles. The smallest absolute Gasteiger partial charge is 0.0461 e. The monoisotopic (exact) mass is 242 g/mol. The van der Waals surface area contributed by atoms with Crippen molar-refractivity contribution in [2.75, 3.05) is 0 Å². The average Bonchev–Trinajstić information content (AvgIpc) is 2.62. The molecular formula is C16H22N2. The van der Waals surface area contributed by atoms with Gasteiger partial charge in [0.05, 0.1) is 0 Å². The van der Waals surface area contributed by atoms with E-state index in [4.69, 9.17) is 5.73 Å². The molecule has 1 unspecified atom stereocenters. The van der Waals surface area contributed by atoms with E-state index in [9.17, 15) is 0 Å². The van der Waals surface area contributed by atoms with Gasteiger partial charge in [-0.25, -0.2) is 0 Å². The van der Waals surface area contributed by atoms with Crippen LogP contribution in [0.4, 0.5) is 0 Å². The Labute approximate surface area is 109 Å². The summed E-state index contributed by atoms with van der Waals surface area (Å²) in [5, 5.41) is 1.39. The molecule has 1 aromatic carbocycles. The van der Waals surface area contributed by atoms with E-state index in [1.807, 2.05) is 0 Å². The van der Waals surface area contributed by atoms with Crippen molar-refractivity contribution in [2.24, 2.45) is 5.73 Å². The lowest BCUT2D eigenvalue weighted by molar-refractivity contribution is 0.687. The topological polar surface area (TPSA) is 41.8 Å². The minimum absolute atomic E-state index is 0.221. The SMILES string of the molecule is Cc1[nH]c2cc3c(cc2c1CC(C)N)CCCC3. The van der Waals surface area contributed by atoms with Gasteiger partial charge in [-0.2, -0.15) is 0 Å². The quantitative estimate of drug-likeness (QED) is 0.834. The Morgan fingerprint density at radius 3 is 2.56 bits per heavy atom. The molecule has 2 heteroatoms. The highest BCUT2D eigenvalue weighted by molar-refractivity contribution is 5.86. The van der Waals surface area contributed by atoms with Gasteiger partial charge in [0.25, 0.3) is 0 Å². The highest BCUT2D eigenvalue weighted by Crippen LogP contribution is 2.30. The van der Waals surface area contributed by atoms with Crippen molar-refractivity contribution in [3.05, 3.63) is 34.5 Å². The van der Waals surface area contributed by atoms with Crippen molar-refractivity contribution < 1.29 is 0 Å². The molecule has 0 fully saturated rings. The van der Waals surface area contributed by atoms with Gasteiger partial charge in [-0.1, -0.05) is 0 Å². The maximum absolute atomic E-state index is 5.97. The van der Waals surface area contributed by atoms with E-state index < -0.39 is 0 Å². The summed E-state index contributed by atoms with van der Waals surface area (Å²) in [5.41, 5.74) is 13.1. The molecular weight excluding hydrogens is 220 g/mol. The Kier molecular flexibility index (Phi) is 2.90. The molecule has 96 valence electrons. The lowest BCUT2D eigenvalue weighted by Gasteiger charge is -2.16. The highest BCUT2D eigenvalue weighted by Gasteiger charge is 2.15. The molecule has 0 radical (unpaired) electrons. The van der Waals surface area contributed by atoms with Crippen LogP contribution in [0.1, 0.15) is 42.1 Å². The van der Waals surface area contributed by atoms with Gasteiger partial charge in [0, 0.05) is 22.6 Å². The summed E-state index contributed by atoms with van der Waals surface area (Å²) < 4.78 is 0. The van der Waals surface area contributed by atoms with Crippen LogP contribution in [0.25, 0.3) is 10.9 Å². The molecule has 1 atom stereocenters. The zero-order valence-electron chi connectivity index (χ0n) is 11.3. The zero-order valence-corrected chi connectivity index (χ0v) is 11.3. The van der Waals surface area contributed by atoms with Crippen LogP contribution in [0.3, 0.4) is 0 Å². The minimum atomic E-state index is 0.221. The number of hydrogen-bond acceptors (Lipinski definition) is 1. The third-order valence-corrected chi connectivity index (χ3v) is 4.11. The first-order valence-electron chi connectivity index (χ1n) is 7.03. The number of aromatic amines is 1. The van der Waals surface area contributed by atoms with Gasteiger partial charge in [-0.3, -0.25) is 0 Å². The molecule has 0 saturated carbocycles. The Balaban J connectivity index is 2.15. The van der Waals surface area contributed by atoms with Gasteiger partial charge >= 0.3 is 0 Å². The number of aryl methyl sites for hydroxylation is 3. The normalized spacial score (nSPS) is 16.8. The van der Waals surface area contributed by atoms with E-state index in [-0.39, 0.29) is 6.04 Å². The third-order valence-electron chi connectivity index (χ3n) is 4.11. The molecule has 0 saturated heterocycles. The molecule has 3 rings (SSSR count). The number of hydrogen-bond donors (Lipinski definition) is 2. The number of fused-ring (bicyclic) bond motifs is 2. The van der Waals surface area contributed by atoms with Crippen molar-refractivity contribution in [3.8, 4) is 0 Å². The Hall–Kier alpha value is -1.28. The van der Waals surface area contributed by atoms with Gasteiger partial charge in [0.1, 0.15) is 0 Å². The van der Waals surface area contributed by atoms with Gasteiger partial charge < -0.3 is 10.7 Å². The van der Waals surface area contributed by atoms with E-state index in [0.717, 1.165) is 6.42 Å². The highest BCUT2D eigenvalue weighted by atomic mass is 14.7. The van der Waals surface area contributed by atoms with E-state index in [1.165, 1.54) is 47.8 Å². The molecule has 1 heterocycles. The fraction of sp³-hybridized carbons (Fsp3) is 0.500. The molecule has 3 N–H and O–H groups in total. The van der Waals surface area contributed by atoms with Crippen LogP contribution in [-0.2, 0) is 19.3 Å². The summed E-state index contributed by atoms with van der Waals surface area (Å²) in [6, 6.07) is 4.99. The molecule has 18 heavy (non-hydrogen) atoms. The molecule has 0 spiro atoms. The molecule has 1 aliphatic carbocycles. The second kappa shape index (κ2) is 4.43. The maximum Gasteiger partial charge on any atom is 0.0461 e. The standard InChI is InChI=1S/C16H22N2/c1-10(17)7-14-11(2)18-16-9-13-6-4-3-5-12(13)8-15(14)16/h8-10,18H,3-7,17H2,1-2H3. The second-order valence-corrected chi connectivity index (χ2v) is 5.78. The second-order valence-electron chi connectivity index (χ2n) is 5.78. The predicted molar refractivity (Wildman–Crippen MR) is 77.0 cm³/mol. The van der Waals surface area contributed by atoms with Crippen LogP contribution in [0.2, 0.25) is 0 Å². The van der Waals surface area contributed by atoms with Crippen LogP contribution < -0.4 is 5.73 Å². The van der Waals surface area contributed by atoms with Gasteiger partial charge in [-0.05, 0) is 74.8 Å². The summed E-state index contributed by atoms with van der Waals surface area (Å²) >= 11 is 0. The summed E-state index contributed by atoms with van der Waals surface area (Å²) in [6.07, 6.45) is 6.12. The van der Waals surface area contributed by atoms with Crippen molar-refractivity contribution in [3.63, 3.8) is 0 Å². The first-order valence-corrected chi connectivity index (χ1v) is 7.03. The van der Waals surface area contributed by atoms with Crippen molar-refractivity contribution >= 4 is 10.9 Å². The van der Waals surface area contributed by atoms with E-state index >= 15 is 0 Å². The summed E-state index contributed by atoms with van der Waals surface area (Å²) in [6.45, 7) is 4.24. The summed E-state index contributed by atoms with van der Waals surface area (Å²) in [7, 11) is 0. The fourth-order valence-corrected chi connectivity index (χ4v) is 3.20. The molecule has 0 aliphatic heterocycles. The lowest BCUT2D eigenvalue weighted by atomic mass is 9.89. The Morgan fingerprint density at radius 1 is 1.22 bits per heavy atom. The van der Waals surface area contributed by atoms with E-state index in [2.05, 4.69) is 31.0 Å². The summed E-state index contributed by atoms with van der Waals surface area (Å²) in [4.78, 5) is 3.53. The average molecular weight is 242 g/mol. The Bertz CT molecular complexity index is 578. The number of aromatic nitrogens is 1. The van der Waals surface area contributed by atoms with Crippen LogP contribution in [-0.4, -0.2) is 11.0 Å². The molecule has 2 nitrogen and oxygen atoms in total. The first-order chi connectivity index (χ1) is 8.65. The van der Waals surface area contributed by atoms with Crippen molar-refractivity contribution in [1.82, 2.24) is 4.98 Å². The van der Waals surface area contributed by atoms with Crippen LogP contribution >= 0.6 is 0 Å². The number of rotatable bonds is 2. The van der Waals surface area contributed by atoms with Gasteiger partial charge in [-0.15, -0.1) is 0 Å². The molecule has 0 bridgehead atoms. The predicted octanol–water partition coefficient (Wildman–Crippen LogP) is 3.24. The number of nitrogens with two attached hydrogens (primary N) is 1. The van der Waals surface area contributed by atoms with Crippen LogP contribution in [0, 0.1) is 6.92 Å². The van der Waals surface area contributed by atoms with Gasteiger partial charge in [0.2, 0.25) is 0 Å². The Morgan fingerprint density at radius 2 is 1.89 bits per heavy atom. The van der Waals surface area contributed by atoms with Crippen LogP contribution in [0.15, 0.2) is 12.1 Å². The zero-order chi connectivity index (χ0) is 12.7. The largest absolute Gasteiger partial charge is 0.358 e. The van der Waals surface area contributed by atoms with Crippen LogP contribution in [0.5, 0.6) is 0 Å². The van der Waals surface area contributed by atoms with E-state index in [0.29, 0.717) is 0 Å². The van der Waals surface area contributed by atoms with Crippen molar-refractivity contribution in [2.45, 2.75) is 52.0 Å². The fourth-order valence-electron chi connectivity index (χ4n) is 3.20. The number of H-pyrrole nitrogens is 1. The third kappa shape index (κ3) is 1.95. The molecule has 1 aliphatic rings. The lowest BCUT2D eigenvalue weighted by Crippen LogP contribution is -2.18. The molecule has 2 aromatic rings. The van der Waals surface area contributed by atoms with E-state index in [1.54, 1.807) is 11.1 Å². The summed E-state index contributed by atoms with van der Waals surface area (Å²) in [5.74, 6) is 0. The minimum Gasteiger partial charge on any atom is -0.358 e. The maximum atomic E-state index is 5.97. The van der Waals surface area contributed by atoms with Crippen molar-refractivity contribution in [1.29, 1.82) is 0 Å². The number of benzene rings is 1. The number of nitrogens with one attached hydrogen (secondary N) is 1. The molecule has 0 amide bonds. The first kappa shape index (κ1) is 11.8.